The fourth-order valence-electron chi connectivity index (χ4n) is 3.81. The maximum absolute atomic E-state index is 12.6. The summed E-state index contributed by atoms with van der Waals surface area (Å²) >= 11 is 0. The Bertz CT molecular complexity index is 1110. The van der Waals surface area contributed by atoms with Crippen LogP contribution < -0.4 is 25.8 Å². The first-order valence-electron chi connectivity index (χ1n) is 12.3. The van der Waals surface area contributed by atoms with Gasteiger partial charge in [-0.05, 0) is 18.2 Å². The average Bonchev–Trinajstić information content (AvgIpc) is 3.27. The number of hydrogen-bond donors (Lipinski definition) is 4. The van der Waals surface area contributed by atoms with Gasteiger partial charge in [0.05, 0.1) is 52.4 Å². The standard InChI is InChI=1S/C24H32N4O10/c29-15-20-17(30)14-22(38-20)28-4-3-21(27-24(28)32)26-23(31)25-16-1-2-18-19(13-16)37-12-10-35-8-6-33-5-7-34-9-11-36-18/h1-4,13,17,20,22,29-30H,5-12,14-15H2,(H2,25,26,27,31,32)/t17-,20+,22+/m0/s1. The van der Waals surface area contributed by atoms with E-state index in [1.54, 1.807) is 18.2 Å². The highest BCUT2D eigenvalue weighted by molar-refractivity contribution is 5.99. The van der Waals surface area contributed by atoms with Crippen LogP contribution in [0.5, 0.6) is 11.5 Å². The molecule has 2 aliphatic rings. The number of aliphatic hydroxyl groups is 2. The molecule has 2 amide bonds. The fourth-order valence-corrected chi connectivity index (χ4v) is 3.81. The van der Waals surface area contributed by atoms with E-state index < -0.39 is 30.2 Å². The second-order valence-electron chi connectivity index (χ2n) is 8.39. The van der Waals surface area contributed by atoms with E-state index in [1.807, 2.05) is 0 Å². The number of urea groups is 1. The first kappa shape index (κ1) is 27.8. The number of aliphatic hydroxyl groups excluding tert-OH is 2. The average molecular weight is 537 g/mol. The number of nitrogens with zero attached hydrogens (tertiary/aromatic N) is 2. The van der Waals surface area contributed by atoms with Crippen LogP contribution in [0.25, 0.3) is 0 Å². The Hall–Kier alpha value is -3.27. The molecule has 4 N–H and O–H groups in total. The van der Waals surface area contributed by atoms with E-state index in [1.165, 1.54) is 16.8 Å². The van der Waals surface area contributed by atoms with Crippen LogP contribution in [0.3, 0.4) is 0 Å². The van der Waals surface area contributed by atoms with E-state index in [4.69, 9.17) is 28.4 Å². The van der Waals surface area contributed by atoms with E-state index in [2.05, 4.69) is 15.6 Å². The van der Waals surface area contributed by atoms with Crippen molar-refractivity contribution in [3.63, 3.8) is 0 Å². The predicted octanol–water partition coefficient (Wildman–Crippen LogP) is 0.349. The zero-order valence-corrected chi connectivity index (χ0v) is 20.7. The van der Waals surface area contributed by atoms with Crippen molar-refractivity contribution in [3.05, 3.63) is 40.9 Å². The molecule has 14 nitrogen and oxygen atoms in total. The van der Waals surface area contributed by atoms with Gasteiger partial charge in [0, 0.05) is 24.4 Å². The van der Waals surface area contributed by atoms with Gasteiger partial charge in [-0.3, -0.25) is 9.88 Å². The van der Waals surface area contributed by atoms with Crippen molar-refractivity contribution < 1.29 is 43.4 Å². The van der Waals surface area contributed by atoms with Gasteiger partial charge in [0.2, 0.25) is 0 Å². The summed E-state index contributed by atoms with van der Waals surface area (Å²) in [6.07, 6.45) is -0.887. The fraction of sp³-hybridized carbons (Fsp3) is 0.542. The Kier molecular flexibility index (Phi) is 10.3. The number of hydrogen-bond acceptors (Lipinski definition) is 11. The van der Waals surface area contributed by atoms with Crippen LogP contribution in [-0.4, -0.2) is 97.5 Å². The van der Waals surface area contributed by atoms with Crippen LogP contribution >= 0.6 is 0 Å². The van der Waals surface area contributed by atoms with Crippen LogP contribution in [0.1, 0.15) is 12.6 Å². The highest BCUT2D eigenvalue weighted by Crippen LogP contribution is 2.31. The highest BCUT2D eigenvalue weighted by atomic mass is 16.6. The quantitative estimate of drug-likeness (QED) is 0.425. The normalized spacial score (nSPS) is 23.2. The molecule has 2 aliphatic heterocycles. The summed E-state index contributed by atoms with van der Waals surface area (Å²) in [5.41, 5.74) is -0.256. The number of carbonyl (C=O) groups is 1. The largest absolute Gasteiger partial charge is 0.487 e. The van der Waals surface area contributed by atoms with Gasteiger partial charge in [-0.15, -0.1) is 0 Å². The second kappa shape index (κ2) is 14.0. The molecule has 14 heteroatoms. The van der Waals surface area contributed by atoms with Crippen molar-refractivity contribution in [1.29, 1.82) is 0 Å². The second-order valence-corrected chi connectivity index (χ2v) is 8.39. The molecule has 3 atom stereocenters. The zero-order chi connectivity index (χ0) is 26.7. The van der Waals surface area contributed by atoms with E-state index >= 15 is 0 Å². The Labute approximate surface area is 218 Å². The van der Waals surface area contributed by atoms with Crippen LogP contribution in [0.4, 0.5) is 16.3 Å². The predicted molar refractivity (Wildman–Crippen MR) is 133 cm³/mol. The maximum Gasteiger partial charge on any atom is 0.351 e. The lowest BCUT2D eigenvalue weighted by atomic mass is 10.2. The molecule has 0 unspecified atom stereocenters. The molecule has 208 valence electrons. The van der Waals surface area contributed by atoms with Crippen molar-refractivity contribution in [2.45, 2.75) is 24.9 Å². The molecule has 38 heavy (non-hydrogen) atoms. The van der Waals surface area contributed by atoms with Gasteiger partial charge < -0.3 is 44.0 Å². The van der Waals surface area contributed by atoms with E-state index in [0.29, 0.717) is 63.4 Å². The molecule has 0 saturated carbocycles. The molecule has 1 aromatic carbocycles. The third-order valence-corrected chi connectivity index (χ3v) is 5.68. The van der Waals surface area contributed by atoms with Crippen molar-refractivity contribution in [2.24, 2.45) is 0 Å². The Morgan fingerprint density at radius 2 is 1.61 bits per heavy atom. The summed E-state index contributed by atoms with van der Waals surface area (Å²) in [5.74, 6) is 0.924. The number of anilines is 2. The van der Waals surface area contributed by atoms with Crippen LogP contribution in [-0.2, 0) is 18.9 Å². The number of carbonyl (C=O) groups excluding carboxylic acids is 1. The lowest BCUT2D eigenvalue weighted by molar-refractivity contribution is -0.0458. The van der Waals surface area contributed by atoms with Gasteiger partial charge in [0.15, 0.2) is 11.5 Å². The van der Waals surface area contributed by atoms with Crippen LogP contribution in [0, 0.1) is 0 Å². The lowest BCUT2D eigenvalue weighted by Gasteiger charge is -2.15. The number of fused-ring (bicyclic) bond motifs is 1. The van der Waals surface area contributed by atoms with E-state index in [-0.39, 0.29) is 25.5 Å². The molecular weight excluding hydrogens is 504 g/mol. The minimum atomic E-state index is -0.892. The van der Waals surface area contributed by atoms with Crippen LogP contribution in [0.2, 0.25) is 0 Å². The summed E-state index contributed by atoms with van der Waals surface area (Å²) in [4.78, 5) is 28.9. The molecule has 4 rings (SSSR count). The van der Waals surface area contributed by atoms with Crippen molar-refractivity contribution in [1.82, 2.24) is 9.55 Å². The molecule has 1 fully saturated rings. The first-order chi connectivity index (χ1) is 18.5. The molecule has 0 spiro atoms. The highest BCUT2D eigenvalue weighted by Gasteiger charge is 2.35. The number of nitrogens with one attached hydrogen (secondary N) is 2. The number of amides is 2. The minimum absolute atomic E-state index is 0.0240. The molecule has 1 saturated heterocycles. The Morgan fingerprint density at radius 3 is 2.24 bits per heavy atom. The third-order valence-electron chi connectivity index (χ3n) is 5.68. The van der Waals surface area contributed by atoms with Gasteiger partial charge in [0.25, 0.3) is 0 Å². The number of benzene rings is 1. The van der Waals surface area contributed by atoms with Gasteiger partial charge in [-0.25, -0.2) is 9.59 Å². The summed E-state index contributed by atoms with van der Waals surface area (Å²) < 4.78 is 34.6. The Balaban J connectivity index is 1.36. The lowest BCUT2D eigenvalue weighted by Crippen LogP contribution is -2.29. The third kappa shape index (κ3) is 7.86. The maximum atomic E-state index is 12.6. The first-order valence-corrected chi connectivity index (χ1v) is 12.3. The van der Waals surface area contributed by atoms with E-state index in [9.17, 15) is 19.8 Å². The molecule has 0 bridgehead atoms. The van der Waals surface area contributed by atoms with Crippen molar-refractivity contribution in [3.8, 4) is 11.5 Å². The van der Waals surface area contributed by atoms with Gasteiger partial charge >= 0.3 is 11.7 Å². The minimum Gasteiger partial charge on any atom is -0.487 e. The van der Waals surface area contributed by atoms with Crippen molar-refractivity contribution >= 4 is 17.5 Å². The molecule has 0 radical (unpaired) electrons. The zero-order valence-electron chi connectivity index (χ0n) is 20.7. The van der Waals surface area contributed by atoms with Gasteiger partial charge in [-0.1, -0.05) is 0 Å². The smallest absolute Gasteiger partial charge is 0.351 e. The van der Waals surface area contributed by atoms with Crippen LogP contribution in [0.15, 0.2) is 35.3 Å². The van der Waals surface area contributed by atoms with E-state index in [0.717, 1.165) is 0 Å². The number of ether oxygens (including phenoxy) is 6. The number of aromatic nitrogens is 2. The molecule has 3 heterocycles. The molecule has 1 aromatic heterocycles. The summed E-state index contributed by atoms with van der Waals surface area (Å²) in [6.45, 7) is 2.77. The van der Waals surface area contributed by atoms with Gasteiger partial charge in [0.1, 0.15) is 31.4 Å². The van der Waals surface area contributed by atoms with Gasteiger partial charge in [-0.2, -0.15) is 4.98 Å². The molecular formula is C24H32N4O10. The summed E-state index contributed by atoms with van der Waals surface area (Å²) in [7, 11) is 0. The number of rotatable bonds is 4. The Morgan fingerprint density at radius 1 is 0.947 bits per heavy atom. The monoisotopic (exact) mass is 536 g/mol. The SMILES string of the molecule is O=C(Nc1ccc2c(c1)OCCOCCOCCOCCO2)Nc1ccn([C@H]2C[C@H](O)[C@@H](CO)O2)c(=O)n1. The van der Waals surface area contributed by atoms with Crippen molar-refractivity contribution in [2.75, 3.05) is 70.1 Å². The molecule has 0 aliphatic carbocycles. The topological polar surface area (TPSA) is 172 Å². The summed E-state index contributed by atoms with van der Waals surface area (Å²) in [5, 5.41) is 24.3. The molecule has 2 aromatic rings. The summed E-state index contributed by atoms with van der Waals surface area (Å²) in [6, 6.07) is 5.73.